The van der Waals surface area contributed by atoms with Crippen molar-refractivity contribution in [2.75, 3.05) is 26.9 Å². The Kier molecular flexibility index (Phi) is 5.87. The molecule has 1 aliphatic heterocycles. The minimum atomic E-state index is -4.36. The van der Waals surface area contributed by atoms with E-state index in [0.29, 0.717) is 6.54 Å². The molecule has 0 N–H and O–H groups in total. The highest BCUT2D eigenvalue weighted by Crippen LogP contribution is 2.33. The zero-order valence-corrected chi connectivity index (χ0v) is 12.9. The second-order valence-corrected chi connectivity index (χ2v) is 5.44. The number of amides is 1. The van der Waals surface area contributed by atoms with Crippen LogP contribution in [0.5, 0.6) is 5.75 Å². The first-order valence-corrected chi connectivity index (χ1v) is 7.48. The molecule has 2 rings (SSSR count). The van der Waals surface area contributed by atoms with Gasteiger partial charge < -0.3 is 14.4 Å². The van der Waals surface area contributed by atoms with Gasteiger partial charge in [0, 0.05) is 6.54 Å². The van der Waals surface area contributed by atoms with E-state index in [1.165, 1.54) is 0 Å². The van der Waals surface area contributed by atoms with Crippen LogP contribution in [0.1, 0.15) is 30.9 Å². The van der Waals surface area contributed by atoms with Gasteiger partial charge in [-0.3, -0.25) is 4.79 Å². The summed E-state index contributed by atoms with van der Waals surface area (Å²) < 4.78 is 45.6. The summed E-state index contributed by atoms with van der Waals surface area (Å²) in [5, 5.41) is 0. The molecule has 1 aliphatic rings. The molecule has 1 saturated heterocycles. The summed E-state index contributed by atoms with van der Waals surface area (Å²) in [4.78, 5) is 13.9. The van der Waals surface area contributed by atoms with Gasteiger partial charge in [-0.05, 0) is 30.5 Å². The van der Waals surface area contributed by atoms with Gasteiger partial charge in [0.05, 0.1) is 26.2 Å². The van der Waals surface area contributed by atoms with E-state index in [2.05, 4.69) is 4.74 Å². The zero-order chi connectivity index (χ0) is 16.9. The van der Waals surface area contributed by atoms with Gasteiger partial charge in [0.15, 0.2) is 0 Å². The van der Waals surface area contributed by atoms with Gasteiger partial charge in [-0.15, -0.1) is 0 Å². The Labute approximate surface area is 133 Å². The van der Waals surface area contributed by atoms with Crippen molar-refractivity contribution in [3.05, 3.63) is 29.8 Å². The topological polar surface area (TPSA) is 38.8 Å². The fourth-order valence-corrected chi connectivity index (χ4v) is 2.73. The lowest BCUT2D eigenvalue weighted by atomic mass is 10.0. The predicted octanol–water partition coefficient (Wildman–Crippen LogP) is 3.33. The minimum absolute atomic E-state index is 0.0315. The van der Waals surface area contributed by atoms with Crippen molar-refractivity contribution in [2.24, 2.45) is 0 Å². The first-order chi connectivity index (χ1) is 10.9. The van der Waals surface area contributed by atoms with Crippen molar-refractivity contribution < 1.29 is 27.4 Å². The number of halogens is 3. The smallest absolute Gasteiger partial charge is 0.411 e. The van der Waals surface area contributed by atoms with Crippen LogP contribution in [-0.2, 0) is 9.53 Å². The molecule has 128 valence electrons. The molecule has 1 aromatic carbocycles. The average Bonchev–Trinajstić information content (AvgIpc) is 3.00. The predicted molar refractivity (Wildman–Crippen MR) is 78.2 cm³/mol. The molecule has 1 atom stereocenters. The van der Waals surface area contributed by atoms with Gasteiger partial charge >= 0.3 is 6.18 Å². The largest absolute Gasteiger partial charge is 0.497 e. The molecule has 0 aliphatic carbocycles. The SMILES string of the molecule is COc1ccc(C2CCCN2C(=O)CCOCC(F)(F)F)cc1. The fraction of sp³-hybridized carbons (Fsp3) is 0.562. The van der Waals surface area contributed by atoms with Gasteiger partial charge in [0.25, 0.3) is 0 Å². The molecule has 1 fully saturated rings. The Bertz CT molecular complexity index is 516. The lowest BCUT2D eigenvalue weighted by molar-refractivity contribution is -0.175. The molecular weight excluding hydrogens is 311 g/mol. The standard InChI is InChI=1S/C16H20F3NO3/c1-22-13-6-4-12(5-7-13)14-3-2-9-20(14)15(21)8-10-23-11-16(17,18)19/h4-7,14H,2-3,8-11H2,1H3. The first-order valence-electron chi connectivity index (χ1n) is 7.48. The molecule has 0 bridgehead atoms. The van der Waals surface area contributed by atoms with Crippen LogP contribution in [0, 0.1) is 0 Å². The van der Waals surface area contributed by atoms with Crippen LogP contribution in [0.2, 0.25) is 0 Å². The van der Waals surface area contributed by atoms with Crippen molar-refractivity contribution in [1.29, 1.82) is 0 Å². The molecule has 0 aromatic heterocycles. The third kappa shape index (κ3) is 5.13. The molecule has 0 radical (unpaired) electrons. The number of alkyl halides is 3. The first kappa shape index (κ1) is 17.6. The van der Waals surface area contributed by atoms with Gasteiger partial charge in [-0.25, -0.2) is 0 Å². The van der Waals surface area contributed by atoms with Crippen LogP contribution in [0.4, 0.5) is 13.2 Å². The van der Waals surface area contributed by atoms with Crippen molar-refractivity contribution in [3.63, 3.8) is 0 Å². The highest BCUT2D eigenvalue weighted by Gasteiger charge is 2.30. The maximum atomic E-state index is 12.2. The third-order valence-corrected chi connectivity index (χ3v) is 3.80. The zero-order valence-electron chi connectivity index (χ0n) is 12.9. The number of hydrogen-bond acceptors (Lipinski definition) is 3. The maximum Gasteiger partial charge on any atom is 0.411 e. The number of benzene rings is 1. The molecule has 1 unspecified atom stereocenters. The number of carbonyl (C=O) groups excluding carboxylic acids is 1. The highest BCUT2D eigenvalue weighted by molar-refractivity contribution is 5.77. The van der Waals surface area contributed by atoms with Crippen LogP contribution in [0.3, 0.4) is 0 Å². The Balaban J connectivity index is 1.88. The van der Waals surface area contributed by atoms with Crippen LogP contribution >= 0.6 is 0 Å². The van der Waals surface area contributed by atoms with E-state index < -0.39 is 12.8 Å². The molecule has 1 aromatic rings. The van der Waals surface area contributed by atoms with Crippen LogP contribution in [-0.4, -0.2) is 43.9 Å². The van der Waals surface area contributed by atoms with E-state index in [1.807, 2.05) is 24.3 Å². The lowest BCUT2D eigenvalue weighted by Crippen LogP contribution is -2.31. The number of ether oxygens (including phenoxy) is 2. The summed E-state index contributed by atoms with van der Waals surface area (Å²) in [5.74, 6) is 0.565. The minimum Gasteiger partial charge on any atom is -0.497 e. The van der Waals surface area contributed by atoms with Crippen LogP contribution in [0.25, 0.3) is 0 Å². The molecule has 4 nitrogen and oxygen atoms in total. The number of hydrogen-bond donors (Lipinski definition) is 0. The van der Waals surface area contributed by atoms with Crippen molar-refractivity contribution in [1.82, 2.24) is 4.90 Å². The number of methoxy groups -OCH3 is 1. The summed E-state index contributed by atoms with van der Waals surface area (Å²) in [6.07, 6.45) is -2.67. The normalized spacial score (nSPS) is 18.3. The molecule has 1 heterocycles. The number of nitrogens with zero attached hydrogens (tertiary/aromatic N) is 1. The summed E-state index contributed by atoms with van der Waals surface area (Å²) in [6, 6.07) is 7.46. The second kappa shape index (κ2) is 7.68. The summed E-state index contributed by atoms with van der Waals surface area (Å²) >= 11 is 0. The van der Waals surface area contributed by atoms with Crippen molar-refractivity contribution in [3.8, 4) is 5.75 Å². The van der Waals surface area contributed by atoms with Crippen molar-refractivity contribution >= 4 is 5.91 Å². The van der Waals surface area contributed by atoms with Gasteiger partial charge in [-0.2, -0.15) is 13.2 Å². The highest BCUT2D eigenvalue weighted by atomic mass is 19.4. The summed E-state index contributed by atoms with van der Waals surface area (Å²) in [5.41, 5.74) is 1.01. The maximum absolute atomic E-state index is 12.2. The van der Waals surface area contributed by atoms with E-state index in [4.69, 9.17) is 4.74 Å². The van der Waals surface area contributed by atoms with Gasteiger partial charge in [0.2, 0.25) is 5.91 Å². The quantitative estimate of drug-likeness (QED) is 0.751. The summed E-state index contributed by atoms with van der Waals surface area (Å²) in [6.45, 7) is -0.916. The molecule has 1 amide bonds. The van der Waals surface area contributed by atoms with E-state index in [1.54, 1.807) is 12.0 Å². The number of rotatable bonds is 6. The Morgan fingerprint density at radius 3 is 2.61 bits per heavy atom. The van der Waals surface area contributed by atoms with E-state index in [-0.39, 0.29) is 25.0 Å². The van der Waals surface area contributed by atoms with E-state index in [0.717, 1.165) is 24.2 Å². The van der Waals surface area contributed by atoms with E-state index >= 15 is 0 Å². The third-order valence-electron chi connectivity index (χ3n) is 3.80. The average molecular weight is 331 g/mol. The van der Waals surface area contributed by atoms with Crippen LogP contribution in [0.15, 0.2) is 24.3 Å². The summed E-state index contributed by atoms with van der Waals surface area (Å²) in [7, 11) is 1.58. The fourth-order valence-electron chi connectivity index (χ4n) is 2.73. The molecule has 0 saturated carbocycles. The van der Waals surface area contributed by atoms with Crippen molar-refractivity contribution in [2.45, 2.75) is 31.5 Å². The molecular formula is C16H20F3NO3. The van der Waals surface area contributed by atoms with Gasteiger partial charge in [-0.1, -0.05) is 12.1 Å². The van der Waals surface area contributed by atoms with E-state index in [9.17, 15) is 18.0 Å². The second-order valence-electron chi connectivity index (χ2n) is 5.44. The van der Waals surface area contributed by atoms with Crippen LogP contribution < -0.4 is 4.74 Å². The Morgan fingerprint density at radius 1 is 1.30 bits per heavy atom. The van der Waals surface area contributed by atoms with Gasteiger partial charge in [0.1, 0.15) is 12.4 Å². The molecule has 23 heavy (non-hydrogen) atoms. The molecule has 0 spiro atoms. The lowest BCUT2D eigenvalue weighted by Gasteiger charge is -2.25. The monoisotopic (exact) mass is 331 g/mol. The number of likely N-dealkylation sites (tertiary alicyclic amines) is 1. The number of carbonyl (C=O) groups is 1. The Morgan fingerprint density at radius 2 is 2.00 bits per heavy atom. The Hall–Kier alpha value is -1.76. The molecule has 7 heteroatoms.